The predicted octanol–water partition coefficient (Wildman–Crippen LogP) is 4.74. The van der Waals surface area contributed by atoms with Crippen LogP contribution in [0.1, 0.15) is 37.8 Å². The van der Waals surface area contributed by atoms with Crippen LogP contribution in [0.4, 0.5) is 11.4 Å². The lowest BCUT2D eigenvalue weighted by Gasteiger charge is -2.42. The summed E-state index contributed by atoms with van der Waals surface area (Å²) in [6.45, 7) is 0. The summed E-state index contributed by atoms with van der Waals surface area (Å²) >= 11 is 5.16. The van der Waals surface area contributed by atoms with Crippen LogP contribution in [-0.2, 0) is 10.3 Å². The van der Waals surface area contributed by atoms with Crippen LogP contribution in [0.3, 0.4) is 0 Å². The van der Waals surface area contributed by atoms with E-state index in [1.807, 2.05) is 29.2 Å². The fourth-order valence-corrected chi connectivity index (χ4v) is 8.79. The monoisotopic (exact) mass is 575 g/mol. The highest BCUT2D eigenvalue weighted by Gasteiger charge is 2.82. The van der Waals surface area contributed by atoms with E-state index >= 15 is 0 Å². The van der Waals surface area contributed by atoms with Crippen molar-refractivity contribution in [1.82, 2.24) is 4.90 Å². The Morgan fingerprint density at radius 2 is 1.73 bits per heavy atom. The van der Waals surface area contributed by atoms with Gasteiger partial charge in [-0.05, 0) is 23.8 Å². The van der Waals surface area contributed by atoms with E-state index in [1.54, 1.807) is 36.0 Å². The molecule has 7 rings (SSSR count). The first-order valence-electron chi connectivity index (χ1n) is 11.7. The van der Waals surface area contributed by atoms with Crippen molar-refractivity contribution < 1.29 is 19.3 Å². The van der Waals surface area contributed by atoms with Crippen molar-refractivity contribution in [3.63, 3.8) is 0 Å². The van der Waals surface area contributed by atoms with Gasteiger partial charge in [0.25, 0.3) is 11.6 Å². The van der Waals surface area contributed by atoms with E-state index in [9.17, 15) is 24.5 Å². The molecule has 2 fully saturated rings. The van der Waals surface area contributed by atoms with Crippen molar-refractivity contribution in [2.45, 2.75) is 17.5 Å². The average Bonchev–Trinajstić information content (AvgIpc) is 3.59. The number of nitrogens with zero attached hydrogens (tertiary/aromatic N) is 2. The topological polar surface area (TPSA) is 110 Å². The lowest BCUT2D eigenvalue weighted by molar-refractivity contribution is -0.385. The lowest BCUT2D eigenvalue weighted by atomic mass is 9.57. The van der Waals surface area contributed by atoms with Crippen molar-refractivity contribution in [2.75, 3.05) is 16.9 Å². The van der Waals surface area contributed by atoms with Gasteiger partial charge in [-0.3, -0.25) is 29.4 Å². The molecular formula is C27H18BrN3O5S. The summed E-state index contributed by atoms with van der Waals surface area (Å²) in [4.78, 5) is 56.9. The van der Waals surface area contributed by atoms with Crippen LogP contribution in [0.5, 0.6) is 0 Å². The molecule has 3 atom stereocenters. The van der Waals surface area contributed by atoms with E-state index in [1.165, 1.54) is 18.2 Å². The number of hydrogen-bond donors (Lipinski definition) is 1. The van der Waals surface area contributed by atoms with Crippen LogP contribution >= 0.6 is 27.7 Å². The number of fused-ring (bicyclic) bond motifs is 6. The fraction of sp³-hybridized carbons (Fsp3) is 0.222. The Balaban J connectivity index is 1.63. The predicted molar refractivity (Wildman–Crippen MR) is 141 cm³/mol. The molecule has 0 saturated carbocycles. The summed E-state index contributed by atoms with van der Waals surface area (Å²) in [6, 6.07) is 18.1. The number of hydrogen-bond acceptors (Lipinski definition) is 7. The van der Waals surface area contributed by atoms with Gasteiger partial charge in [-0.1, -0.05) is 52.3 Å². The molecule has 184 valence electrons. The largest absolute Gasteiger partial charge is 0.324 e. The first-order valence-corrected chi connectivity index (χ1v) is 13.7. The molecule has 1 amide bonds. The Hall–Kier alpha value is -3.34. The van der Waals surface area contributed by atoms with Gasteiger partial charge in [-0.15, -0.1) is 11.8 Å². The summed E-state index contributed by atoms with van der Waals surface area (Å²) in [5, 5.41) is 14.7. The van der Waals surface area contributed by atoms with Gasteiger partial charge in [-0.2, -0.15) is 0 Å². The summed E-state index contributed by atoms with van der Waals surface area (Å²) in [5.74, 6) is -0.955. The molecule has 3 aromatic rings. The Morgan fingerprint density at radius 3 is 2.41 bits per heavy atom. The Kier molecular flexibility index (Phi) is 4.68. The second-order valence-corrected chi connectivity index (χ2v) is 11.6. The minimum absolute atomic E-state index is 0.200. The van der Waals surface area contributed by atoms with Gasteiger partial charge in [0.1, 0.15) is 5.41 Å². The molecule has 1 N–H and O–H groups in total. The van der Waals surface area contributed by atoms with E-state index in [4.69, 9.17) is 0 Å². The highest BCUT2D eigenvalue weighted by atomic mass is 79.9. The normalized spacial score (nSPS) is 27.0. The van der Waals surface area contributed by atoms with Crippen LogP contribution in [0.25, 0.3) is 0 Å². The first-order chi connectivity index (χ1) is 17.8. The van der Waals surface area contributed by atoms with Gasteiger partial charge in [0, 0.05) is 62.6 Å². The Morgan fingerprint density at radius 1 is 1.00 bits per heavy atom. The number of Topliss-reactive ketones (excluding diaryl/α,β-unsaturated/α-hetero) is 2. The summed E-state index contributed by atoms with van der Waals surface area (Å²) in [5.41, 5.74) is -1.72. The quantitative estimate of drug-likeness (QED) is 0.267. The first kappa shape index (κ1) is 22.8. The average molecular weight is 576 g/mol. The van der Waals surface area contributed by atoms with Crippen LogP contribution in [0.2, 0.25) is 0 Å². The molecule has 0 radical (unpaired) electrons. The highest BCUT2D eigenvalue weighted by molar-refractivity contribution is 9.10. The van der Waals surface area contributed by atoms with E-state index in [2.05, 4.69) is 21.2 Å². The number of nitro groups is 1. The summed E-state index contributed by atoms with van der Waals surface area (Å²) in [6.07, 6.45) is 0. The van der Waals surface area contributed by atoms with Gasteiger partial charge in [0.2, 0.25) is 0 Å². The Bertz CT molecular complexity index is 1560. The van der Waals surface area contributed by atoms with Crippen LogP contribution in [0, 0.1) is 15.5 Å². The minimum atomic E-state index is -1.83. The van der Waals surface area contributed by atoms with Gasteiger partial charge in [-0.25, -0.2) is 0 Å². The van der Waals surface area contributed by atoms with Crippen LogP contribution in [0.15, 0.2) is 71.2 Å². The smallest absolute Gasteiger partial charge is 0.269 e. The zero-order valence-corrected chi connectivity index (χ0v) is 21.5. The number of benzene rings is 3. The third-order valence-electron chi connectivity index (χ3n) is 8.29. The SMILES string of the molecule is O=C1c2ccccc2C(=O)C12[C@@H](c1cccc(Br)c1)[C@@H]1CSCN1[C@@]21C(=O)Nc2ccc([N+](=O)[O-])cc21. The van der Waals surface area contributed by atoms with Crippen molar-refractivity contribution in [3.8, 4) is 0 Å². The number of carbonyl (C=O) groups excluding carboxylic acids is 3. The standard InChI is InChI=1S/C27H18BrN3O5S/c28-15-5-3-4-14(10-15)22-21-12-37-13-30(21)27(19-11-16(31(35)36)8-9-20(19)29-25(27)34)26(22)23(32)17-6-1-2-7-18(17)24(26)33/h1-11,21-22H,12-13H2,(H,29,34)/t21-,22-,27-/m0/s1. The van der Waals surface area contributed by atoms with Crippen molar-refractivity contribution in [3.05, 3.63) is 104 Å². The number of amides is 1. The van der Waals surface area contributed by atoms with Crippen molar-refractivity contribution >= 4 is 56.5 Å². The molecule has 0 unspecified atom stereocenters. The second kappa shape index (κ2) is 7.59. The van der Waals surface area contributed by atoms with Gasteiger partial charge in [0.05, 0.1) is 4.92 Å². The molecule has 2 saturated heterocycles. The second-order valence-electron chi connectivity index (χ2n) is 9.73. The molecule has 1 aliphatic carbocycles. The van der Waals surface area contributed by atoms with E-state index in [0.29, 0.717) is 22.9 Å². The molecule has 0 aromatic heterocycles. The molecule has 8 nitrogen and oxygen atoms in total. The lowest BCUT2D eigenvalue weighted by Crippen LogP contribution is -2.60. The number of halogens is 1. The molecule has 3 heterocycles. The maximum Gasteiger partial charge on any atom is 0.269 e. The number of non-ortho nitro benzene ring substituents is 1. The van der Waals surface area contributed by atoms with Gasteiger partial charge >= 0.3 is 0 Å². The third kappa shape index (κ3) is 2.55. The fourth-order valence-electron chi connectivity index (χ4n) is 7.08. The molecule has 2 spiro atoms. The number of nitro benzene ring substituents is 1. The number of carbonyl (C=O) groups is 3. The van der Waals surface area contributed by atoms with Crippen molar-refractivity contribution in [1.29, 1.82) is 0 Å². The maximum atomic E-state index is 14.7. The number of nitrogens with one attached hydrogen (secondary N) is 1. The zero-order chi connectivity index (χ0) is 25.7. The number of thioether (sulfide) groups is 1. The molecule has 3 aromatic carbocycles. The van der Waals surface area contributed by atoms with E-state index in [-0.39, 0.29) is 22.9 Å². The van der Waals surface area contributed by atoms with Crippen LogP contribution in [-0.4, -0.2) is 45.0 Å². The summed E-state index contributed by atoms with van der Waals surface area (Å²) in [7, 11) is 0. The number of anilines is 1. The molecular weight excluding hydrogens is 558 g/mol. The molecule has 10 heteroatoms. The van der Waals surface area contributed by atoms with Crippen molar-refractivity contribution in [2.24, 2.45) is 5.41 Å². The number of ketones is 2. The zero-order valence-electron chi connectivity index (χ0n) is 19.1. The van der Waals surface area contributed by atoms with Gasteiger partial charge < -0.3 is 5.32 Å². The van der Waals surface area contributed by atoms with Crippen LogP contribution < -0.4 is 5.32 Å². The Labute approximate surface area is 223 Å². The molecule has 0 bridgehead atoms. The highest BCUT2D eigenvalue weighted by Crippen LogP contribution is 2.70. The molecule has 37 heavy (non-hydrogen) atoms. The summed E-state index contributed by atoms with van der Waals surface area (Å²) < 4.78 is 0.792. The van der Waals surface area contributed by atoms with E-state index < -0.39 is 39.3 Å². The minimum Gasteiger partial charge on any atom is -0.324 e. The molecule has 4 aliphatic rings. The van der Waals surface area contributed by atoms with E-state index in [0.717, 1.165) is 10.0 Å². The third-order valence-corrected chi connectivity index (χ3v) is 9.82. The maximum absolute atomic E-state index is 14.7. The molecule has 3 aliphatic heterocycles. The number of rotatable bonds is 2. The van der Waals surface area contributed by atoms with Gasteiger partial charge in [0.15, 0.2) is 17.1 Å².